The maximum absolute atomic E-state index is 12.4. The van der Waals surface area contributed by atoms with Gasteiger partial charge in [0.1, 0.15) is 11.5 Å². The van der Waals surface area contributed by atoms with Crippen molar-refractivity contribution >= 4 is 18.1 Å². The molecule has 1 saturated heterocycles. The number of carbonyl (C=O) groups is 1. The summed E-state index contributed by atoms with van der Waals surface area (Å²) in [4.78, 5) is 14.9. The van der Waals surface area contributed by atoms with E-state index in [4.69, 9.17) is 26.1 Å². The van der Waals surface area contributed by atoms with Crippen molar-refractivity contribution in [1.29, 1.82) is 0 Å². The van der Waals surface area contributed by atoms with Gasteiger partial charge in [-0.1, -0.05) is 18.2 Å². The van der Waals surface area contributed by atoms with E-state index >= 15 is 0 Å². The van der Waals surface area contributed by atoms with E-state index in [9.17, 15) is 4.79 Å². The van der Waals surface area contributed by atoms with Gasteiger partial charge < -0.3 is 19.2 Å². The number of carbonyl (C=O) groups excluding carboxylic acids is 1. The summed E-state index contributed by atoms with van der Waals surface area (Å²) in [6.45, 7) is 2.19. The Morgan fingerprint density at radius 2 is 1.78 bits per heavy atom. The molecule has 0 unspecified atom stereocenters. The molecule has 32 heavy (non-hydrogen) atoms. The molecule has 0 bridgehead atoms. The normalized spacial score (nSPS) is 14.8. The molecule has 2 heterocycles. The predicted molar refractivity (Wildman–Crippen MR) is 122 cm³/mol. The zero-order valence-electron chi connectivity index (χ0n) is 18.1. The molecule has 0 saturated carbocycles. The number of aromatic nitrogens is 2. The van der Waals surface area contributed by atoms with Gasteiger partial charge in [-0.2, -0.15) is 0 Å². The Kier molecular flexibility index (Phi) is 6.87. The molecule has 9 heteroatoms. The van der Waals surface area contributed by atoms with E-state index in [-0.39, 0.29) is 11.9 Å². The molecule has 8 nitrogen and oxygen atoms in total. The van der Waals surface area contributed by atoms with Crippen molar-refractivity contribution in [1.82, 2.24) is 20.0 Å². The predicted octanol–water partition coefficient (Wildman–Crippen LogP) is 3.74. The number of nitrogens with zero attached hydrogens (tertiary/aromatic N) is 3. The second kappa shape index (κ2) is 9.97. The highest BCUT2D eigenvalue weighted by Gasteiger charge is 2.22. The van der Waals surface area contributed by atoms with Crippen LogP contribution in [0.4, 0.5) is 0 Å². The van der Waals surface area contributed by atoms with E-state index in [0.717, 1.165) is 31.5 Å². The largest absolute Gasteiger partial charge is 0.497 e. The molecule has 0 radical (unpaired) electrons. The van der Waals surface area contributed by atoms with Crippen LogP contribution >= 0.6 is 12.2 Å². The average Bonchev–Trinajstić information content (AvgIpc) is 3.20. The lowest BCUT2D eigenvalue weighted by atomic mass is 10.0. The molecule has 4 rings (SSSR count). The van der Waals surface area contributed by atoms with Gasteiger partial charge in [-0.05, 0) is 49.3 Å². The zero-order valence-corrected chi connectivity index (χ0v) is 18.9. The third-order valence-electron chi connectivity index (χ3n) is 5.50. The van der Waals surface area contributed by atoms with E-state index in [1.54, 1.807) is 25.0 Å². The number of amides is 1. The van der Waals surface area contributed by atoms with E-state index in [2.05, 4.69) is 15.3 Å². The van der Waals surface area contributed by atoms with Crippen LogP contribution in [-0.2, 0) is 6.67 Å². The van der Waals surface area contributed by atoms with E-state index < -0.39 is 0 Å². The summed E-state index contributed by atoms with van der Waals surface area (Å²) in [6, 6.07) is 14.9. The Hall–Kier alpha value is -3.17. The molecule has 1 aliphatic heterocycles. The molecule has 0 spiro atoms. The van der Waals surface area contributed by atoms with Gasteiger partial charge in [0.15, 0.2) is 0 Å². The summed E-state index contributed by atoms with van der Waals surface area (Å²) in [5, 5.41) is 7.68. The molecule has 0 aliphatic carbocycles. The zero-order chi connectivity index (χ0) is 22.5. The standard InChI is InChI=1S/C23H26N4O4S/c1-29-19-12-17(13-20(14-19)30-2)22-25-27(23(32)31-22)15-26-10-8-18(9-11-26)24-21(28)16-6-4-3-5-7-16/h3-7,12-14,18H,8-11,15H2,1-2H3,(H,24,28). The Morgan fingerprint density at radius 3 is 2.41 bits per heavy atom. The van der Waals surface area contributed by atoms with Crippen LogP contribution in [0, 0.1) is 4.84 Å². The highest BCUT2D eigenvalue weighted by Crippen LogP contribution is 2.29. The third kappa shape index (κ3) is 5.17. The van der Waals surface area contributed by atoms with Crippen molar-refractivity contribution in [2.45, 2.75) is 25.6 Å². The lowest BCUT2D eigenvalue weighted by Gasteiger charge is -2.31. The minimum atomic E-state index is -0.0267. The van der Waals surface area contributed by atoms with Crippen LogP contribution in [0.3, 0.4) is 0 Å². The number of hydrogen-bond donors (Lipinski definition) is 1. The SMILES string of the molecule is COc1cc(OC)cc(-c2nn(CN3CCC(NC(=O)c4ccccc4)CC3)c(=S)o2)c1. The van der Waals surface area contributed by atoms with E-state index in [0.29, 0.717) is 34.5 Å². The molecule has 2 aromatic carbocycles. The van der Waals surface area contributed by atoms with Gasteiger partial charge in [-0.15, -0.1) is 5.10 Å². The number of likely N-dealkylation sites (tertiary alicyclic amines) is 1. The van der Waals surface area contributed by atoms with Crippen molar-refractivity contribution in [3.8, 4) is 23.0 Å². The van der Waals surface area contributed by atoms with Gasteiger partial charge in [-0.3, -0.25) is 9.69 Å². The summed E-state index contributed by atoms with van der Waals surface area (Å²) >= 11 is 5.39. The lowest BCUT2D eigenvalue weighted by Crippen LogP contribution is -2.45. The highest BCUT2D eigenvalue weighted by atomic mass is 32.1. The number of methoxy groups -OCH3 is 2. The third-order valence-corrected chi connectivity index (χ3v) is 5.79. The van der Waals surface area contributed by atoms with Crippen LogP contribution in [-0.4, -0.2) is 53.9 Å². The van der Waals surface area contributed by atoms with Gasteiger partial charge in [0.2, 0.25) is 5.89 Å². The number of nitrogens with one attached hydrogen (secondary N) is 1. The van der Waals surface area contributed by atoms with Gasteiger partial charge >= 0.3 is 0 Å². The number of piperidine rings is 1. The first-order valence-electron chi connectivity index (χ1n) is 10.5. The molecule has 1 amide bonds. The maximum Gasteiger partial charge on any atom is 0.288 e. The van der Waals surface area contributed by atoms with E-state index in [1.165, 1.54) is 0 Å². The molecule has 168 valence electrons. The van der Waals surface area contributed by atoms with E-state index in [1.807, 2.05) is 42.5 Å². The number of rotatable bonds is 7. The number of benzene rings is 2. The summed E-state index contributed by atoms with van der Waals surface area (Å²) in [5.74, 6) is 1.68. The van der Waals surface area contributed by atoms with Crippen LogP contribution < -0.4 is 14.8 Å². The maximum atomic E-state index is 12.4. The van der Waals surface area contributed by atoms with Crippen molar-refractivity contribution in [3.63, 3.8) is 0 Å². The van der Waals surface area contributed by atoms with Crippen LogP contribution in [0.25, 0.3) is 11.5 Å². The molecular formula is C23H26N4O4S. The highest BCUT2D eigenvalue weighted by molar-refractivity contribution is 7.71. The molecular weight excluding hydrogens is 428 g/mol. The van der Waals surface area contributed by atoms with Gasteiger partial charge in [-0.25, -0.2) is 4.68 Å². The molecule has 1 aromatic heterocycles. The smallest absolute Gasteiger partial charge is 0.288 e. The Labute approximate surface area is 191 Å². The minimum Gasteiger partial charge on any atom is -0.497 e. The van der Waals surface area contributed by atoms with Gasteiger partial charge in [0.05, 0.1) is 20.9 Å². The molecule has 1 aliphatic rings. The molecule has 1 N–H and O–H groups in total. The summed E-state index contributed by atoms with van der Waals surface area (Å²) in [5.41, 5.74) is 1.42. The Morgan fingerprint density at radius 1 is 1.12 bits per heavy atom. The van der Waals surface area contributed by atoms with Gasteiger partial charge in [0.25, 0.3) is 10.7 Å². The van der Waals surface area contributed by atoms with Crippen LogP contribution in [0.15, 0.2) is 52.9 Å². The van der Waals surface area contributed by atoms with Crippen LogP contribution in [0.1, 0.15) is 23.2 Å². The fourth-order valence-electron chi connectivity index (χ4n) is 3.71. The second-order valence-electron chi connectivity index (χ2n) is 7.65. The summed E-state index contributed by atoms with van der Waals surface area (Å²) < 4.78 is 18.1. The van der Waals surface area contributed by atoms with Crippen molar-refractivity contribution in [3.05, 3.63) is 58.9 Å². The van der Waals surface area contributed by atoms with Crippen LogP contribution in [0.2, 0.25) is 0 Å². The first-order valence-corrected chi connectivity index (χ1v) is 10.9. The van der Waals surface area contributed by atoms with Crippen molar-refractivity contribution in [2.75, 3.05) is 27.3 Å². The first kappa shape index (κ1) is 22.0. The Balaban J connectivity index is 1.37. The average molecular weight is 455 g/mol. The lowest BCUT2D eigenvalue weighted by molar-refractivity contribution is 0.0895. The summed E-state index contributed by atoms with van der Waals surface area (Å²) in [7, 11) is 3.19. The molecule has 0 atom stereocenters. The monoisotopic (exact) mass is 454 g/mol. The van der Waals surface area contributed by atoms with Crippen LogP contribution in [0.5, 0.6) is 11.5 Å². The fourth-order valence-corrected chi connectivity index (χ4v) is 3.89. The topological polar surface area (TPSA) is 81.8 Å². The van der Waals surface area contributed by atoms with Gasteiger partial charge in [0, 0.05) is 36.3 Å². The Bertz CT molecular complexity index is 1100. The molecule has 3 aromatic rings. The second-order valence-corrected chi connectivity index (χ2v) is 8.00. The number of ether oxygens (including phenoxy) is 2. The summed E-state index contributed by atoms with van der Waals surface area (Å²) in [6.07, 6.45) is 1.73. The number of hydrogen-bond acceptors (Lipinski definition) is 7. The first-order chi connectivity index (χ1) is 15.6. The van der Waals surface area contributed by atoms with Crippen molar-refractivity contribution in [2.24, 2.45) is 0 Å². The molecule has 1 fully saturated rings. The fraction of sp³-hybridized carbons (Fsp3) is 0.348. The van der Waals surface area contributed by atoms with Crippen molar-refractivity contribution < 1.29 is 18.7 Å². The quantitative estimate of drug-likeness (QED) is 0.545. The minimum absolute atomic E-state index is 0.0267.